The van der Waals surface area contributed by atoms with Crippen LogP contribution in [0.5, 0.6) is 0 Å². The van der Waals surface area contributed by atoms with Crippen LogP contribution in [0.1, 0.15) is 25.3 Å². The maximum atomic E-state index is 12.2. The van der Waals surface area contributed by atoms with Crippen LogP contribution in [-0.4, -0.2) is 25.0 Å². The molecule has 1 saturated carbocycles. The Bertz CT molecular complexity index is 492. The van der Waals surface area contributed by atoms with Gasteiger partial charge in [0.1, 0.15) is 0 Å². The lowest BCUT2D eigenvalue weighted by atomic mass is 10.2. The highest BCUT2D eigenvalue weighted by Gasteiger charge is 2.31. The Morgan fingerprint density at radius 2 is 1.89 bits per heavy atom. The molecule has 1 aromatic carbocycles. The van der Waals surface area contributed by atoms with Gasteiger partial charge in [0.05, 0.1) is 5.75 Å². The Kier molecular flexibility index (Phi) is 3.92. The number of hydrogen-bond acceptors (Lipinski definition) is 3. The van der Waals surface area contributed by atoms with Crippen LogP contribution in [0.3, 0.4) is 0 Å². The van der Waals surface area contributed by atoms with E-state index >= 15 is 0 Å². The lowest BCUT2D eigenvalue weighted by molar-refractivity contribution is 0.422. The zero-order chi connectivity index (χ0) is 13.2. The van der Waals surface area contributed by atoms with Crippen LogP contribution in [-0.2, 0) is 16.6 Å². The van der Waals surface area contributed by atoms with Gasteiger partial charge in [0, 0.05) is 18.8 Å². The summed E-state index contributed by atoms with van der Waals surface area (Å²) in [6.07, 6.45) is 2.11. The number of rotatable bonds is 6. The molecular formula is C13H20N2O2S. The molecule has 0 saturated heterocycles. The van der Waals surface area contributed by atoms with Gasteiger partial charge in [0.2, 0.25) is 10.0 Å². The molecule has 0 aliphatic heterocycles. The molecule has 0 heterocycles. The molecule has 0 atom stereocenters. The summed E-state index contributed by atoms with van der Waals surface area (Å²) in [5, 5.41) is 0. The Hall–Kier alpha value is -1.07. The number of hydrogen-bond donors (Lipinski definition) is 1. The number of nitrogen functional groups attached to an aromatic ring is 1. The summed E-state index contributed by atoms with van der Waals surface area (Å²) in [5.41, 5.74) is 7.29. The first-order chi connectivity index (χ1) is 8.51. The van der Waals surface area contributed by atoms with E-state index < -0.39 is 10.0 Å². The van der Waals surface area contributed by atoms with E-state index in [-0.39, 0.29) is 0 Å². The molecule has 1 aliphatic carbocycles. The summed E-state index contributed by atoms with van der Waals surface area (Å²) in [7, 11) is -3.12. The average molecular weight is 268 g/mol. The van der Waals surface area contributed by atoms with Crippen molar-refractivity contribution in [1.82, 2.24) is 4.31 Å². The fraction of sp³-hybridized carbons (Fsp3) is 0.538. The minimum absolute atomic E-state index is 0.301. The molecule has 0 bridgehead atoms. The second kappa shape index (κ2) is 5.28. The molecule has 0 aromatic heterocycles. The van der Waals surface area contributed by atoms with Crippen molar-refractivity contribution in [2.45, 2.75) is 26.3 Å². The van der Waals surface area contributed by atoms with Gasteiger partial charge in [0.15, 0.2) is 0 Å². The molecule has 2 N–H and O–H groups in total. The van der Waals surface area contributed by atoms with Gasteiger partial charge >= 0.3 is 0 Å². The van der Waals surface area contributed by atoms with Gasteiger partial charge in [0.25, 0.3) is 0 Å². The number of sulfonamides is 1. The van der Waals surface area contributed by atoms with E-state index in [1.165, 1.54) is 0 Å². The van der Waals surface area contributed by atoms with Crippen molar-refractivity contribution >= 4 is 15.7 Å². The predicted molar refractivity (Wildman–Crippen MR) is 73.4 cm³/mol. The van der Waals surface area contributed by atoms with Gasteiger partial charge in [-0.3, -0.25) is 0 Å². The highest BCUT2D eigenvalue weighted by atomic mass is 32.2. The van der Waals surface area contributed by atoms with Crippen LogP contribution in [0, 0.1) is 5.92 Å². The highest BCUT2D eigenvalue weighted by Crippen LogP contribution is 2.31. The van der Waals surface area contributed by atoms with Gasteiger partial charge in [-0.1, -0.05) is 19.1 Å². The summed E-state index contributed by atoms with van der Waals surface area (Å²) in [5.74, 6) is 0.686. The SMILES string of the molecule is CCN(Cc1ccc(N)cc1)S(=O)(=O)CC1CC1. The Morgan fingerprint density at radius 1 is 1.28 bits per heavy atom. The molecule has 0 radical (unpaired) electrons. The first-order valence-corrected chi connectivity index (χ1v) is 7.94. The number of nitrogens with two attached hydrogens (primary N) is 1. The van der Waals surface area contributed by atoms with E-state index in [1.54, 1.807) is 16.4 Å². The maximum Gasteiger partial charge on any atom is 0.214 e. The van der Waals surface area contributed by atoms with Crippen LogP contribution < -0.4 is 5.73 Å². The van der Waals surface area contributed by atoms with E-state index in [0.29, 0.717) is 30.4 Å². The van der Waals surface area contributed by atoms with Crippen LogP contribution in [0.4, 0.5) is 5.69 Å². The van der Waals surface area contributed by atoms with E-state index in [1.807, 2.05) is 19.1 Å². The smallest absolute Gasteiger partial charge is 0.214 e. The van der Waals surface area contributed by atoms with Crippen molar-refractivity contribution in [3.8, 4) is 0 Å². The molecule has 100 valence electrons. The summed E-state index contributed by atoms with van der Waals surface area (Å²) in [4.78, 5) is 0. The number of nitrogens with zero attached hydrogens (tertiary/aromatic N) is 1. The molecule has 5 heteroatoms. The van der Waals surface area contributed by atoms with Gasteiger partial charge in [-0.15, -0.1) is 0 Å². The van der Waals surface area contributed by atoms with Crippen molar-refractivity contribution in [2.24, 2.45) is 5.92 Å². The normalized spacial score (nSPS) is 16.1. The zero-order valence-corrected chi connectivity index (χ0v) is 11.5. The standard InChI is InChI=1S/C13H20N2O2S/c1-2-15(18(16,17)10-12-3-4-12)9-11-5-7-13(14)8-6-11/h5-8,12H,2-4,9-10,14H2,1H3. The molecule has 0 spiro atoms. The quantitative estimate of drug-likeness (QED) is 0.801. The van der Waals surface area contributed by atoms with Crippen molar-refractivity contribution in [2.75, 3.05) is 18.0 Å². The summed E-state index contributed by atoms with van der Waals surface area (Å²) >= 11 is 0. The molecule has 1 aromatic rings. The van der Waals surface area contributed by atoms with E-state index in [0.717, 1.165) is 18.4 Å². The predicted octanol–water partition coefficient (Wildman–Crippen LogP) is 1.83. The third kappa shape index (κ3) is 3.46. The Balaban J connectivity index is 2.06. The third-order valence-corrected chi connectivity index (χ3v) is 5.29. The van der Waals surface area contributed by atoms with E-state index in [9.17, 15) is 8.42 Å². The van der Waals surface area contributed by atoms with E-state index in [4.69, 9.17) is 5.73 Å². The zero-order valence-electron chi connectivity index (χ0n) is 10.7. The first-order valence-electron chi connectivity index (χ1n) is 6.33. The van der Waals surface area contributed by atoms with Crippen LogP contribution in [0.25, 0.3) is 0 Å². The van der Waals surface area contributed by atoms with Crippen LogP contribution in [0.15, 0.2) is 24.3 Å². The summed E-state index contributed by atoms with van der Waals surface area (Å²) in [6.45, 7) is 2.83. The lowest BCUT2D eigenvalue weighted by Crippen LogP contribution is -2.33. The number of benzene rings is 1. The monoisotopic (exact) mass is 268 g/mol. The Morgan fingerprint density at radius 3 is 2.39 bits per heavy atom. The highest BCUT2D eigenvalue weighted by molar-refractivity contribution is 7.89. The van der Waals surface area contributed by atoms with Crippen LogP contribution in [0.2, 0.25) is 0 Å². The van der Waals surface area contributed by atoms with Crippen LogP contribution >= 0.6 is 0 Å². The fourth-order valence-corrected chi connectivity index (χ4v) is 3.80. The summed E-state index contributed by atoms with van der Waals surface area (Å²) in [6, 6.07) is 7.36. The summed E-state index contributed by atoms with van der Waals surface area (Å²) < 4.78 is 25.9. The van der Waals surface area contributed by atoms with Gasteiger partial charge in [-0.25, -0.2) is 8.42 Å². The molecule has 18 heavy (non-hydrogen) atoms. The minimum Gasteiger partial charge on any atom is -0.399 e. The van der Waals surface area contributed by atoms with Gasteiger partial charge in [-0.05, 0) is 36.5 Å². The maximum absolute atomic E-state index is 12.2. The molecule has 1 aliphatic rings. The van der Waals surface area contributed by atoms with Crippen molar-refractivity contribution in [3.05, 3.63) is 29.8 Å². The molecule has 4 nitrogen and oxygen atoms in total. The van der Waals surface area contributed by atoms with Gasteiger partial charge in [-0.2, -0.15) is 4.31 Å². The molecule has 1 fully saturated rings. The third-order valence-electron chi connectivity index (χ3n) is 3.23. The van der Waals surface area contributed by atoms with Crippen molar-refractivity contribution in [1.29, 1.82) is 0 Å². The van der Waals surface area contributed by atoms with Crippen molar-refractivity contribution < 1.29 is 8.42 Å². The molecule has 0 amide bonds. The minimum atomic E-state index is -3.12. The largest absolute Gasteiger partial charge is 0.399 e. The van der Waals surface area contributed by atoms with E-state index in [2.05, 4.69) is 0 Å². The fourth-order valence-electron chi connectivity index (χ4n) is 1.92. The molecular weight excluding hydrogens is 248 g/mol. The Labute approximate surface area is 109 Å². The average Bonchev–Trinajstić information content (AvgIpc) is 3.11. The van der Waals surface area contributed by atoms with Crippen molar-refractivity contribution in [3.63, 3.8) is 0 Å². The second-order valence-corrected chi connectivity index (χ2v) is 6.90. The van der Waals surface area contributed by atoms with Gasteiger partial charge < -0.3 is 5.73 Å². The first kappa shape index (κ1) is 13.4. The topological polar surface area (TPSA) is 63.4 Å². The lowest BCUT2D eigenvalue weighted by Gasteiger charge is -2.20. The number of anilines is 1. The molecule has 0 unspecified atom stereocenters. The molecule has 2 rings (SSSR count). The second-order valence-electron chi connectivity index (χ2n) is 4.89.